The Balaban J connectivity index is 2.39. The summed E-state index contributed by atoms with van der Waals surface area (Å²) >= 11 is 10.9. The average Bonchev–Trinajstić information content (AvgIpc) is 2.54. The van der Waals surface area contributed by atoms with Crippen LogP contribution in [-0.4, -0.2) is 44.2 Å². The van der Waals surface area contributed by atoms with Crippen LogP contribution < -0.4 is 5.32 Å². The fraction of sp³-hybridized carbons (Fsp3) is 0.625. The Morgan fingerprint density at radius 3 is 2.56 bits per heavy atom. The van der Waals surface area contributed by atoms with Crippen LogP contribution in [0.3, 0.4) is 0 Å². The van der Waals surface area contributed by atoms with Crippen molar-refractivity contribution >= 4 is 39.1 Å². The van der Waals surface area contributed by atoms with E-state index in [1.54, 1.807) is 0 Å². The van der Waals surface area contributed by atoms with Crippen LogP contribution in [0, 0.1) is 0 Å². The summed E-state index contributed by atoms with van der Waals surface area (Å²) in [5.74, 6) is 0.0416. The minimum absolute atomic E-state index is 0.0930. The van der Waals surface area contributed by atoms with Crippen molar-refractivity contribution in [3.63, 3.8) is 0 Å². The van der Waals surface area contributed by atoms with Gasteiger partial charge < -0.3 is 10.1 Å². The summed E-state index contributed by atoms with van der Waals surface area (Å²) in [7, 11) is -3.18. The van der Waals surface area contributed by atoms with Gasteiger partial charge in [-0.05, 0) is 6.08 Å². The Labute approximate surface area is 104 Å². The summed E-state index contributed by atoms with van der Waals surface area (Å²) in [5, 5.41) is 3.46. The number of hydrogen-bond acceptors (Lipinski definition) is 4. The maximum atomic E-state index is 11.3. The lowest BCUT2D eigenvalue weighted by Crippen LogP contribution is -2.38. The smallest absolute Gasteiger partial charge is 0.407 e. The van der Waals surface area contributed by atoms with E-state index < -0.39 is 28.1 Å². The van der Waals surface area contributed by atoms with E-state index in [1.807, 2.05) is 0 Å². The van der Waals surface area contributed by atoms with Crippen molar-refractivity contribution in [3.8, 4) is 0 Å². The maximum Gasteiger partial charge on any atom is 0.407 e. The van der Waals surface area contributed by atoms with Crippen LogP contribution in [0.25, 0.3) is 0 Å². The molecule has 1 N–H and O–H groups in total. The zero-order valence-electron chi connectivity index (χ0n) is 8.23. The van der Waals surface area contributed by atoms with Crippen molar-refractivity contribution in [2.75, 3.05) is 17.5 Å². The molecule has 1 rings (SSSR count). The summed E-state index contributed by atoms with van der Waals surface area (Å²) in [6, 6.07) is -0.552. The van der Waals surface area contributed by atoms with Gasteiger partial charge in [-0.25, -0.2) is 13.2 Å². The van der Waals surface area contributed by atoms with Crippen molar-refractivity contribution in [1.82, 2.24) is 5.32 Å². The third-order valence-electron chi connectivity index (χ3n) is 1.85. The number of carbonyl (C=O) groups is 1. The zero-order chi connectivity index (χ0) is 12.2. The van der Waals surface area contributed by atoms with Gasteiger partial charge in [-0.2, -0.15) is 0 Å². The lowest BCUT2D eigenvalue weighted by molar-refractivity contribution is 0.117. The van der Waals surface area contributed by atoms with E-state index in [-0.39, 0.29) is 17.5 Å². The van der Waals surface area contributed by atoms with Gasteiger partial charge in [-0.1, -0.05) is 0 Å². The van der Waals surface area contributed by atoms with Crippen molar-refractivity contribution < 1.29 is 17.9 Å². The molecule has 0 spiro atoms. The van der Waals surface area contributed by atoms with Crippen LogP contribution >= 0.6 is 23.2 Å². The number of alkyl halides is 2. The number of nitrogens with one attached hydrogen (secondary N) is 1. The highest BCUT2D eigenvalue weighted by atomic mass is 35.5. The number of carbonyl (C=O) groups excluding carboxylic acids is 1. The molecule has 16 heavy (non-hydrogen) atoms. The highest BCUT2D eigenvalue weighted by Gasteiger charge is 2.24. The summed E-state index contributed by atoms with van der Waals surface area (Å²) < 4.78 is 26.9. The van der Waals surface area contributed by atoms with Gasteiger partial charge >= 0.3 is 6.09 Å². The highest BCUT2D eigenvalue weighted by molar-refractivity contribution is 7.94. The first-order valence-corrected chi connectivity index (χ1v) is 7.25. The molecule has 0 aromatic rings. The summed E-state index contributed by atoms with van der Waals surface area (Å²) in [4.78, 5) is 11.3. The molecule has 1 aliphatic rings. The van der Waals surface area contributed by atoms with Crippen molar-refractivity contribution in [2.45, 2.75) is 12.1 Å². The lowest BCUT2D eigenvalue weighted by Gasteiger charge is -2.15. The molecule has 0 aliphatic carbocycles. The number of sulfone groups is 1. The molecule has 0 unspecified atom stereocenters. The molecule has 92 valence electrons. The van der Waals surface area contributed by atoms with Crippen LogP contribution in [0.2, 0.25) is 0 Å². The molecule has 0 radical (unpaired) electrons. The van der Waals surface area contributed by atoms with E-state index in [9.17, 15) is 13.2 Å². The summed E-state index contributed by atoms with van der Waals surface area (Å²) in [6.07, 6.45) is 0.0934. The van der Waals surface area contributed by atoms with E-state index in [2.05, 4.69) is 5.32 Å². The average molecular weight is 288 g/mol. The molecule has 0 fully saturated rings. The maximum absolute atomic E-state index is 11.3. The minimum Gasteiger partial charge on any atom is -0.444 e. The van der Waals surface area contributed by atoms with E-state index in [4.69, 9.17) is 27.9 Å². The monoisotopic (exact) mass is 287 g/mol. The topological polar surface area (TPSA) is 72.5 Å². The van der Waals surface area contributed by atoms with Gasteiger partial charge in [-0.3, -0.25) is 0 Å². The van der Waals surface area contributed by atoms with Gasteiger partial charge in [0.1, 0.15) is 6.10 Å². The molecule has 0 saturated heterocycles. The first-order chi connectivity index (χ1) is 7.46. The normalized spacial score (nSPS) is 22.3. The molecule has 0 aromatic carbocycles. The van der Waals surface area contributed by atoms with Crippen molar-refractivity contribution in [2.24, 2.45) is 0 Å². The highest BCUT2D eigenvalue weighted by Crippen LogP contribution is 2.08. The summed E-state index contributed by atoms with van der Waals surface area (Å²) in [6.45, 7) is 0. The summed E-state index contributed by atoms with van der Waals surface area (Å²) in [5.41, 5.74) is 0. The van der Waals surface area contributed by atoms with Crippen molar-refractivity contribution in [1.29, 1.82) is 0 Å². The van der Waals surface area contributed by atoms with Gasteiger partial charge in [0.2, 0.25) is 0 Å². The van der Waals surface area contributed by atoms with E-state index in [0.29, 0.717) is 0 Å². The fourth-order valence-electron chi connectivity index (χ4n) is 1.11. The molecular weight excluding hydrogens is 277 g/mol. The number of amides is 1. The van der Waals surface area contributed by atoms with Crippen LogP contribution in [0.5, 0.6) is 0 Å². The number of rotatable bonds is 4. The molecule has 8 heteroatoms. The molecule has 1 heterocycles. The van der Waals surface area contributed by atoms with Crippen LogP contribution in [0.1, 0.15) is 0 Å². The quantitative estimate of drug-likeness (QED) is 0.779. The molecule has 1 atom stereocenters. The minimum atomic E-state index is -3.18. The number of hydrogen-bond donors (Lipinski definition) is 1. The molecular formula is C8H11Cl2NO4S. The third kappa shape index (κ3) is 4.19. The number of ether oxygens (including phenoxy) is 1. The van der Waals surface area contributed by atoms with E-state index in [1.165, 1.54) is 6.08 Å². The van der Waals surface area contributed by atoms with Gasteiger partial charge in [-0.15, -0.1) is 23.2 Å². The Morgan fingerprint density at radius 1 is 1.50 bits per heavy atom. The van der Waals surface area contributed by atoms with Gasteiger partial charge in [0.25, 0.3) is 0 Å². The zero-order valence-corrected chi connectivity index (χ0v) is 10.6. The van der Waals surface area contributed by atoms with Crippen LogP contribution in [-0.2, 0) is 14.6 Å². The standard InChI is InChI=1S/C8H11Cl2NO4S/c9-3-7(4-10)15-8(12)11-6-1-2-16(13,14)5-6/h1-2,6-7H,3-5H2,(H,11,12)/t6-/m1/s1. The van der Waals surface area contributed by atoms with Crippen LogP contribution in [0.4, 0.5) is 4.79 Å². The van der Waals surface area contributed by atoms with Crippen LogP contribution in [0.15, 0.2) is 11.5 Å². The number of alkyl carbamates (subject to hydrolysis) is 1. The molecule has 0 saturated carbocycles. The van der Waals surface area contributed by atoms with E-state index in [0.717, 1.165) is 5.41 Å². The molecule has 1 aliphatic heterocycles. The van der Waals surface area contributed by atoms with Gasteiger partial charge in [0, 0.05) is 5.41 Å². The largest absolute Gasteiger partial charge is 0.444 e. The number of halogens is 2. The van der Waals surface area contributed by atoms with Crippen molar-refractivity contribution in [3.05, 3.63) is 11.5 Å². The third-order valence-corrected chi connectivity index (χ3v) is 3.94. The second-order valence-electron chi connectivity index (χ2n) is 3.24. The Morgan fingerprint density at radius 2 is 2.12 bits per heavy atom. The molecule has 5 nitrogen and oxygen atoms in total. The molecule has 1 amide bonds. The molecule has 0 bridgehead atoms. The fourth-order valence-corrected chi connectivity index (χ4v) is 2.80. The van der Waals surface area contributed by atoms with Gasteiger partial charge in [0.05, 0.1) is 23.6 Å². The predicted octanol–water partition coefficient (Wildman–Crippen LogP) is 0.869. The van der Waals surface area contributed by atoms with E-state index >= 15 is 0 Å². The van der Waals surface area contributed by atoms with Gasteiger partial charge in [0.15, 0.2) is 9.84 Å². The Hall–Kier alpha value is -0.460. The molecule has 0 aromatic heterocycles. The Bertz CT molecular complexity index is 377. The predicted molar refractivity (Wildman–Crippen MR) is 61.6 cm³/mol. The first kappa shape index (κ1) is 13.6. The SMILES string of the molecule is O=C(N[C@@H]1C=CS(=O)(=O)C1)OC(CCl)CCl. The first-order valence-electron chi connectivity index (χ1n) is 4.47. The Kier molecular flexibility index (Phi) is 4.89. The second-order valence-corrected chi connectivity index (χ2v) is 5.79. The lowest BCUT2D eigenvalue weighted by atomic mass is 10.3. The second kappa shape index (κ2) is 5.75.